The van der Waals surface area contributed by atoms with Crippen LogP contribution in [0.4, 0.5) is 8.78 Å². The van der Waals surface area contributed by atoms with Crippen LogP contribution in [0, 0.1) is 11.6 Å². The second-order valence-electron chi connectivity index (χ2n) is 6.19. The number of likely N-dealkylation sites (N-methyl/N-ethyl adjacent to an activating group) is 1. The number of halogens is 2. The Hall–Kier alpha value is -2.02. The highest BCUT2D eigenvalue weighted by molar-refractivity contribution is 5.78. The Morgan fingerprint density at radius 3 is 2.71 bits per heavy atom. The van der Waals surface area contributed by atoms with Gasteiger partial charge >= 0.3 is 5.97 Å². The van der Waals surface area contributed by atoms with Gasteiger partial charge in [0.15, 0.2) is 0 Å². The number of likely N-dealkylation sites (tertiary alicyclic amines) is 1. The molecule has 1 saturated heterocycles. The fourth-order valence-corrected chi connectivity index (χ4v) is 3.05. The zero-order valence-corrected chi connectivity index (χ0v) is 13.7. The molecule has 1 unspecified atom stereocenters. The van der Waals surface area contributed by atoms with Gasteiger partial charge in [0.2, 0.25) is 5.91 Å². The molecule has 0 aliphatic carbocycles. The van der Waals surface area contributed by atoms with Gasteiger partial charge in [-0.05, 0) is 37.9 Å². The molecule has 2 rings (SSSR count). The lowest BCUT2D eigenvalue weighted by molar-refractivity contribution is -0.138. The predicted octanol–water partition coefficient (Wildman–Crippen LogP) is 1.90. The summed E-state index contributed by atoms with van der Waals surface area (Å²) in [5.41, 5.74) is 0.185. The molecule has 0 saturated carbocycles. The smallest absolute Gasteiger partial charge is 0.317 e. The topological polar surface area (TPSA) is 60.9 Å². The van der Waals surface area contributed by atoms with Crippen LogP contribution in [-0.2, 0) is 16.0 Å². The SMILES string of the molecule is CN(CC(=O)O)C1CCCN(C(=O)Cc2ccc(F)cc2F)CC1. The van der Waals surface area contributed by atoms with Gasteiger partial charge < -0.3 is 10.0 Å². The van der Waals surface area contributed by atoms with E-state index in [0.717, 1.165) is 25.0 Å². The maximum absolute atomic E-state index is 13.7. The van der Waals surface area contributed by atoms with E-state index in [0.29, 0.717) is 19.5 Å². The highest BCUT2D eigenvalue weighted by Gasteiger charge is 2.24. The van der Waals surface area contributed by atoms with Gasteiger partial charge in [-0.1, -0.05) is 6.07 Å². The second-order valence-corrected chi connectivity index (χ2v) is 6.19. The van der Waals surface area contributed by atoms with E-state index < -0.39 is 17.6 Å². The summed E-state index contributed by atoms with van der Waals surface area (Å²) in [5, 5.41) is 8.87. The number of benzene rings is 1. The molecule has 0 radical (unpaired) electrons. The summed E-state index contributed by atoms with van der Waals surface area (Å²) >= 11 is 0. The molecular formula is C17H22F2N2O3. The molecule has 0 aromatic heterocycles. The molecule has 1 amide bonds. The number of hydrogen-bond acceptors (Lipinski definition) is 3. The van der Waals surface area contributed by atoms with Crippen molar-refractivity contribution in [2.45, 2.75) is 31.7 Å². The highest BCUT2D eigenvalue weighted by atomic mass is 19.1. The van der Waals surface area contributed by atoms with Crippen molar-refractivity contribution in [2.75, 3.05) is 26.7 Å². The first kappa shape index (κ1) is 18.3. The van der Waals surface area contributed by atoms with Crippen LogP contribution in [0.25, 0.3) is 0 Å². The number of amides is 1. The lowest BCUT2D eigenvalue weighted by Crippen LogP contribution is -2.37. The van der Waals surface area contributed by atoms with Crippen LogP contribution in [0.15, 0.2) is 18.2 Å². The van der Waals surface area contributed by atoms with E-state index in [4.69, 9.17) is 5.11 Å². The average molecular weight is 340 g/mol. The summed E-state index contributed by atoms with van der Waals surface area (Å²) in [7, 11) is 1.77. The third-order valence-electron chi connectivity index (χ3n) is 4.42. The molecule has 1 aromatic carbocycles. The van der Waals surface area contributed by atoms with E-state index in [2.05, 4.69) is 0 Å². The standard InChI is InChI=1S/C17H22F2N2O3/c1-20(11-17(23)24)14-3-2-7-21(8-6-14)16(22)9-12-4-5-13(18)10-15(12)19/h4-5,10,14H,2-3,6-9,11H2,1H3,(H,23,24). The first-order chi connectivity index (χ1) is 11.4. The van der Waals surface area contributed by atoms with E-state index in [1.54, 1.807) is 16.8 Å². The predicted molar refractivity (Wildman–Crippen MR) is 84.5 cm³/mol. The van der Waals surface area contributed by atoms with Gasteiger partial charge in [-0.25, -0.2) is 8.78 Å². The molecule has 1 atom stereocenters. The second kappa shape index (κ2) is 8.19. The molecule has 7 heteroatoms. The quantitative estimate of drug-likeness (QED) is 0.889. The number of carboxylic acid groups (broad SMARTS) is 1. The fraction of sp³-hybridized carbons (Fsp3) is 0.529. The minimum absolute atomic E-state index is 0.0284. The van der Waals surface area contributed by atoms with Crippen LogP contribution in [0.3, 0.4) is 0 Å². The Morgan fingerprint density at radius 1 is 1.29 bits per heavy atom. The third kappa shape index (κ3) is 4.99. The largest absolute Gasteiger partial charge is 0.480 e. The molecule has 1 fully saturated rings. The van der Waals surface area contributed by atoms with Gasteiger partial charge in [-0.2, -0.15) is 0 Å². The summed E-state index contributed by atoms with van der Waals surface area (Å²) in [6.45, 7) is 1.05. The minimum atomic E-state index is -0.874. The van der Waals surface area contributed by atoms with Gasteiger partial charge in [0.05, 0.1) is 13.0 Å². The van der Waals surface area contributed by atoms with Crippen molar-refractivity contribution in [3.8, 4) is 0 Å². The highest BCUT2D eigenvalue weighted by Crippen LogP contribution is 2.17. The summed E-state index contributed by atoms with van der Waals surface area (Å²) < 4.78 is 26.6. The number of aliphatic carboxylic acids is 1. The van der Waals surface area contributed by atoms with Crippen molar-refractivity contribution in [1.82, 2.24) is 9.80 Å². The maximum Gasteiger partial charge on any atom is 0.317 e. The Morgan fingerprint density at radius 2 is 2.04 bits per heavy atom. The van der Waals surface area contributed by atoms with E-state index >= 15 is 0 Å². The van der Waals surface area contributed by atoms with Gasteiger partial charge in [0, 0.05) is 25.2 Å². The first-order valence-corrected chi connectivity index (χ1v) is 8.00. The molecule has 0 bridgehead atoms. The first-order valence-electron chi connectivity index (χ1n) is 8.00. The fourth-order valence-electron chi connectivity index (χ4n) is 3.05. The summed E-state index contributed by atoms with van der Waals surface area (Å²) in [6.07, 6.45) is 2.17. The lowest BCUT2D eigenvalue weighted by Gasteiger charge is -2.25. The Balaban J connectivity index is 1.93. The summed E-state index contributed by atoms with van der Waals surface area (Å²) in [4.78, 5) is 26.6. The third-order valence-corrected chi connectivity index (χ3v) is 4.42. The van der Waals surface area contributed by atoms with Crippen molar-refractivity contribution in [1.29, 1.82) is 0 Å². The Bertz CT molecular complexity index is 609. The molecule has 1 aliphatic heterocycles. The molecule has 5 nitrogen and oxygen atoms in total. The van der Waals surface area contributed by atoms with Crippen molar-refractivity contribution >= 4 is 11.9 Å². The molecule has 1 N–H and O–H groups in total. The van der Waals surface area contributed by atoms with Gasteiger partial charge in [0.25, 0.3) is 0 Å². The van der Waals surface area contributed by atoms with Crippen LogP contribution >= 0.6 is 0 Å². The molecule has 132 valence electrons. The van der Waals surface area contributed by atoms with Crippen LogP contribution in [0.1, 0.15) is 24.8 Å². The Labute approximate surface area is 139 Å². The van der Waals surface area contributed by atoms with Crippen LogP contribution in [-0.4, -0.2) is 59.5 Å². The van der Waals surface area contributed by atoms with Gasteiger partial charge in [-0.15, -0.1) is 0 Å². The number of rotatable bonds is 5. The minimum Gasteiger partial charge on any atom is -0.480 e. The number of carbonyl (C=O) groups is 2. The van der Waals surface area contributed by atoms with Crippen LogP contribution < -0.4 is 0 Å². The maximum atomic E-state index is 13.7. The van der Waals surface area contributed by atoms with Crippen LogP contribution in [0.5, 0.6) is 0 Å². The number of carboxylic acids is 1. The number of hydrogen-bond donors (Lipinski definition) is 1. The van der Waals surface area contributed by atoms with Crippen molar-refractivity contribution in [2.24, 2.45) is 0 Å². The number of nitrogens with zero attached hydrogens (tertiary/aromatic N) is 2. The van der Waals surface area contributed by atoms with Crippen molar-refractivity contribution in [3.63, 3.8) is 0 Å². The van der Waals surface area contributed by atoms with Gasteiger partial charge in [-0.3, -0.25) is 14.5 Å². The normalized spacial score (nSPS) is 18.5. The van der Waals surface area contributed by atoms with Crippen molar-refractivity contribution < 1.29 is 23.5 Å². The summed E-state index contributed by atoms with van der Waals surface area (Å²) in [6, 6.07) is 3.33. The van der Waals surface area contributed by atoms with E-state index in [9.17, 15) is 18.4 Å². The Kier molecular flexibility index (Phi) is 6.25. The number of carbonyl (C=O) groups excluding carboxylic acids is 1. The zero-order valence-electron chi connectivity index (χ0n) is 13.7. The van der Waals surface area contributed by atoms with E-state index in [1.807, 2.05) is 0 Å². The summed E-state index contributed by atoms with van der Waals surface area (Å²) in [5.74, 6) is -2.44. The van der Waals surface area contributed by atoms with E-state index in [1.165, 1.54) is 6.07 Å². The lowest BCUT2D eigenvalue weighted by atomic mass is 10.1. The molecule has 1 aliphatic rings. The molecule has 1 aromatic rings. The molecule has 24 heavy (non-hydrogen) atoms. The van der Waals surface area contributed by atoms with E-state index in [-0.39, 0.29) is 30.5 Å². The van der Waals surface area contributed by atoms with Crippen molar-refractivity contribution in [3.05, 3.63) is 35.4 Å². The molecular weight excluding hydrogens is 318 g/mol. The van der Waals surface area contributed by atoms with Gasteiger partial charge in [0.1, 0.15) is 11.6 Å². The molecule has 0 spiro atoms. The zero-order chi connectivity index (χ0) is 17.7. The molecule has 1 heterocycles. The van der Waals surface area contributed by atoms with Crippen LogP contribution in [0.2, 0.25) is 0 Å². The average Bonchev–Trinajstić information content (AvgIpc) is 2.75. The monoisotopic (exact) mass is 340 g/mol.